The molecule has 0 saturated carbocycles. The minimum atomic E-state index is 0.0179. The Balaban J connectivity index is 2.05. The lowest BCUT2D eigenvalue weighted by Gasteiger charge is -2.19. The monoisotopic (exact) mass is 242 g/mol. The summed E-state index contributed by atoms with van der Waals surface area (Å²) in [6.45, 7) is 7.59. The van der Waals surface area contributed by atoms with Crippen molar-refractivity contribution in [3.05, 3.63) is 35.4 Å². The van der Waals surface area contributed by atoms with Gasteiger partial charge in [0.05, 0.1) is 12.0 Å². The first kappa shape index (κ1) is 13.1. The molecule has 18 heavy (non-hydrogen) atoms. The Kier molecular flexibility index (Phi) is 4.38. The molecule has 2 rings (SSSR count). The molecule has 0 spiro atoms. The lowest BCUT2D eigenvalue weighted by molar-refractivity contribution is 0.332. The van der Waals surface area contributed by atoms with E-state index in [1.54, 1.807) is 0 Å². The number of nitriles is 1. The molecule has 0 aromatic heterocycles. The van der Waals surface area contributed by atoms with Crippen LogP contribution in [0.3, 0.4) is 0 Å². The third kappa shape index (κ3) is 3.11. The van der Waals surface area contributed by atoms with E-state index in [4.69, 9.17) is 0 Å². The van der Waals surface area contributed by atoms with E-state index in [1.165, 1.54) is 18.4 Å². The Morgan fingerprint density at radius 1 is 1.11 bits per heavy atom. The number of likely N-dealkylation sites (tertiary alicyclic amines) is 1. The van der Waals surface area contributed by atoms with Crippen molar-refractivity contribution in [3.8, 4) is 6.07 Å². The molecule has 1 heterocycles. The molecule has 0 aliphatic carbocycles. The van der Waals surface area contributed by atoms with Gasteiger partial charge >= 0.3 is 0 Å². The summed E-state index contributed by atoms with van der Waals surface area (Å²) in [5.74, 6) is 0.572. The van der Waals surface area contributed by atoms with E-state index in [-0.39, 0.29) is 5.92 Å². The molecule has 0 radical (unpaired) electrons. The van der Waals surface area contributed by atoms with Crippen LogP contribution in [-0.2, 0) is 0 Å². The summed E-state index contributed by atoms with van der Waals surface area (Å²) >= 11 is 0. The van der Waals surface area contributed by atoms with Crippen LogP contribution >= 0.6 is 0 Å². The van der Waals surface area contributed by atoms with E-state index in [2.05, 4.69) is 49.1 Å². The zero-order chi connectivity index (χ0) is 13.0. The second-order valence-corrected chi connectivity index (χ2v) is 5.51. The predicted molar refractivity (Wildman–Crippen MR) is 74.6 cm³/mol. The van der Waals surface area contributed by atoms with Gasteiger partial charge in [0.2, 0.25) is 0 Å². The number of benzene rings is 1. The van der Waals surface area contributed by atoms with Crippen molar-refractivity contribution in [1.29, 1.82) is 5.26 Å². The lowest BCUT2D eigenvalue weighted by atomic mass is 9.95. The average molecular weight is 242 g/mol. The third-order valence-electron chi connectivity index (χ3n) is 3.80. The van der Waals surface area contributed by atoms with Crippen LogP contribution in [0.2, 0.25) is 0 Å². The lowest BCUT2D eigenvalue weighted by Crippen LogP contribution is -2.25. The first-order valence-corrected chi connectivity index (χ1v) is 6.92. The van der Waals surface area contributed by atoms with E-state index >= 15 is 0 Å². The van der Waals surface area contributed by atoms with Crippen LogP contribution in [0.15, 0.2) is 24.3 Å². The molecule has 0 amide bonds. The highest BCUT2D eigenvalue weighted by Gasteiger charge is 2.18. The van der Waals surface area contributed by atoms with Crippen LogP contribution in [-0.4, -0.2) is 24.5 Å². The highest BCUT2D eigenvalue weighted by Crippen LogP contribution is 2.22. The van der Waals surface area contributed by atoms with Gasteiger partial charge in [-0.3, -0.25) is 0 Å². The fourth-order valence-electron chi connectivity index (χ4n) is 2.56. The summed E-state index contributed by atoms with van der Waals surface area (Å²) in [6, 6.07) is 11.0. The smallest absolute Gasteiger partial charge is 0.0839 e. The summed E-state index contributed by atoms with van der Waals surface area (Å²) in [5, 5.41) is 9.34. The van der Waals surface area contributed by atoms with E-state index in [9.17, 15) is 5.26 Å². The Morgan fingerprint density at radius 3 is 2.17 bits per heavy atom. The number of hydrogen-bond acceptors (Lipinski definition) is 2. The van der Waals surface area contributed by atoms with Crippen LogP contribution in [0.4, 0.5) is 0 Å². The molecule has 1 aromatic rings. The van der Waals surface area contributed by atoms with E-state index < -0.39 is 0 Å². The van der Waals surface area contributed by atoms with Crippen molar-refractivity contribution < 1.29 is 0 Å². The normalized spacial score (nSPS) is 17.9. The molecule has 0 N–H and O–H groups in total. The second-order valence-electron chi connectivity index (χ2n) is 5.51. The van der Waals surface area contributed by atoms with Gasteiger partial charge in [0.25, 0.3) is 0 Å². The first-order chi connectivity index (χ1) is 8.70. The van der Waals surface area contributed by atoms with Gasteiger partial charge in [-0.25, -0.2) is 0 Å². The van der Waals surface area contributed by atoms with Crippen molar-refractivity contribution in [2.75, 3.05) is 19.6 Å². The minimum Gasteiger partial charge on any atom is -0.302 e. The average Bonchev–Trinajstić information content (AvgIpc) is 2.89. The number of hydrogen-bond donors (Lipinski definition) is 0. The van der Waals surface area contributed by atoms with Crippen LogP contribution in [0.5, 0.6) is 0 Å². The van der Waals surface area contributed by atoms with E-state index in [1.807, 2.05) is 0 Å². The van der Waals surface area contributed by atoms with Gasteiger partial charge in [-0.1, -0.05) is 38.1 Å². The van der Waals surface area contributed by atoms with Gasteiger partial charge < -0.3 is 4.90 Å². The van der Waals surface area contributed by atoms with Gasteiger partial charge in [-0.2, -0.15) is 5.26 Å². The van der Waals surface area contributed by atoms with Gasteiger partial charge in [0.15, 0.2) is 0 Å². The maximum atomic E-state index is 9.34. The van der Waals surface area contributed by atoms with Crippen LogP contribution in [0.25, 0.3) is 0 Å². The Hall–Kier alpha value is -1.33. The van der Waals surface area contributed by atoms with Crippen molar-refractivity contribution in [3.63, 3.8) is 0 Å². The fraction of sp³-hybridized carbons (Fsp3) is 0.562. The molecule has 1 unspecified atom stereocenters. The SMILES string of the molecule is CC(C)c1ccc(C(C#N)CN2CCCC2)cc1. The summed E-state index contributed by atoms with van der Waals surface area (Å²) in [5.41, 5.74) is 2.51. The molecule has 1 aromatic carbocycles. The largest absolute Gasteiger partial charge is 0.302 e. The zero-order valence-electron chi connectivity index (χ0n) is 11.4. The minimum absolute atomic E-state index is 0.0179. The predicted octanol–water partition coefficient (Wildman–Crippen LogP) is 3.51. The van der Waals surface area contributed by atoms with Crippen LogP contribution in [0, 0.1) is 11.3 Å². The van der Waals surface area contributed by atoms with Crippen LogP contribution in [0.1, 0.15) is 49.7 Å². The van der Waals surface area contributed by atoms with Crippen molar-refractivity contribution in [1.82, 2.24) is 4.90 Å². The highest BCUT2D eigenvalue weighted by atomic mass is 15.1. The number of nitrogens with zero attached hydrogens (tertiary/aromatic N) is 2. The van der Waals surface area contributed by atoms with Gasteiger partial charge in [0, 0.05) is 6.54 Å². The molecule has 1 aliphatic rings. The maximum absolute atomic E-state index is 9.34. The molecule has 2 nitrogen and oxygen atoms in total. The highest BCUT2D eigenvalue weighted by molar-refractivity contribution is 5.30. The Bertz CT molecular complexity index is 408. The molecule has 0 bridgehead atoms. The topological polar surface area (TPSA) is 27.0 Å². The summed E-state index contributed by atoms with van der Waals surface area (Å²) < 4.78 is 0. The van der Waals surface area contributed by atoms with Crippen LogP contribution < -0.4 is 0 Å². The molecule has 2 heteroatoms. The molecular formula is C16H22N2. The Morgan fingerprint density at radius 2 is 1.67 bits per heavy atom. The van der Waals surface area contributed by atoms with Crippen molar-refractivity contribution >= 4 is 0 Å². The molecule has 1 fully saturated rings. The summed E-state index contributed by atoms with van der Waals surface area (Å²) in [4.78, 5) is 2.41. The molecule has 1 saturated heterocycles. The van der Waals surface area contributed by atoms with E-state index in [0.29, 0.717) is 5.92 Å². The fourth-order valence-corrected chi connectivity index (χ4v) is 2.56. The van der Waals surface area contributed by atoms with Gasteiger partial charge in [0.1, 0.15) is 0 Å². The van der Waals surface area contributed by atoms with Gasteiger partial charge in [-0.05, 0) is 43.0 Å². The summed E-state index contributed by atoms with van der Waals surface area (Å²) in [7, 11) is 0. The molecule has 1 aliphatic heterocycles. The quantitative estimate of drug-likeness (QED) is 0.808. The molecule has 1 atom stereocenters. The number of rotatable bonds is 4. The van der Waals surface area contributed by atoms with Crippen molar-refractivity contribution in [2.45, 2.75) is 38.5 Å². The van der Waals surface area contributed by atoms with Crippen molar-refractivity contribution in [2.24, 2.45) is 0 Å². The summed E-state index contributed by atoms with van der Waals surface area (Å²) in [6.07, 6.45) is 2.56. The molecular weight excluding hydrogens is 220 g/mol. The maximum Gasteiger partial charge on any atom is 0.0839 e. The zero-order valence-corrected chi connectivity index (χ0v) is 11.4. The van der Waals surface area contributed by atoms with Gasteiger partial charge in [-0.15, -0.1) is 0 Å². The third-order valence-corrected chi connectivity index (χ3v) is 3.80. The molecule has 96 valence electrons. The second kappa shape index (κ2) is 6.02. The first-order valence-electron chi connectivity index (χ1n) is 6.92. The van der Waals surface area contributed by atoms with E-state index in [0.717, 1.165) is 25.2 Å². The standard InChI is InChI=1S/C16H22N2/c1-13(2)14-5-7-15(8-6-14)16(11-17)12-18-9-3-4-10-18/h5-8,13,16H,3-4,9-10,12H2,1-2H3. The Labute approximate surface area is 110 Å².